The molecule has 0 bridgehead atoms. The molecule has 0 aliphatic heterocycles. The lowest BCUT2D eigenvalue weighted by molar-refractivity contribution is 0.0922. The molecule has 0 aliphatic carbocycles. The first-order valence-corrected chi connectivity index (χ1v) is 32.3. The lowest BCUT2D eigenvalue weighted by Crippen LogP contribution is -2.33. The molecule has 8 aromatic rings. The Kier molecular flexibility index (Phi) is 25.7. The Hall–Kier alpha value is -8.58. The Bertz CT molecular complexity index is 3890. The van der Waals surface area contributed by atoms with E-state index < -0.39 is 5.60 Å². The van der Waals surface area contributed by atoms with Gasteiger partial charge in [0.2, 0.25) is 0 Å². The van der Waals surface area contributed by atoms with E-state index in [1.54, 1.807) is 68.8 Å². The molecule has 8 rings (SSSR count). The lowest BCUT2D eigenvalue weighted by atomic mass is 9.86. The molecule has 0 radical (unpaired) electrons. The first-order chi connectivity index (χ1) is 44.4. The fourth-order valence-electron chi connectivity index (χ4n) is 10.4. The van der Waals surface area contributed by atoms with Gasteiger partial charge in [-0.05, 0) is 185 Å². The van der Waals surface area contributed by atoms with Gasteiger partial charge in [-0.1, -0.05) is 115 Å². The highest BCUT2D eigenvalue weighted by Crippen LogP contribution is 2.44. The van der Waals surface area contributed by atoms with E-state index in [9.17, 15) is 20.4 Å². The van der Waals surface area contributed by atoms with Gasteiger partial charge < -0.3 is 59.4 Å². The van der Waals surface area contributed by atoms with Gasteiger partial charge in [-0.3, -0.25) is 0 Å². The average Bonchev–Trinajstić information content (AvgIpc) is 0.790. The molecule has 2 heterocycles. The number of aliphatic hydroxyl groups is 3. The largest absolute Gasteiger partial charge is 0.508 e. The van der Waals surface area contributed by atoms with Gasteiger partial charge in [-0.25, -0.2) is 19.9 Å². The van der Waals surface area contributed by atoms with Crippen LogP contribution in [-0.4, -0.2) is 87.0 Å². The summed E-state index contributed by atoms with van der Waals surface area (Å²) in [6.07, 6.45) is 0. The van der Waals surface area contributed by atoms with E-state index in [1.807, 2.05) is 73.6 Å². The topological polar surface area (TPSA) is 265 Å². The number of nitrogens with zero attached hydrogens (tertiary/aromatic N) is 6. The van der Waals surface area contributed by atoms with E-state index in [4.69, 9.17) is 68.9 Å². The second kappa shape index (κ2) is 31.5. The summed E-state index contributed by atoms with van der Waals surface area (Å²) in [4.78, 5) is 29.0. The minimum absolute atomic E-state index is 0. The van der Waals surface area contributed by atoms with E-state index in [0.29, 0.717) is 62.9 Å². The van der Waals surface area contributed by atoms with Crippen LogP contribution in [-0.2, 0) is 47.1 Å². The number of aromatic hydroxyl groups is 4. The number of aliphatic hydroxyl groups excluding tert-OH is 3. The number of methoxy groups -OCH3 is 3. The number of phenols is 4. The molecule has 6 aromatic carbocycles. The van der Waals surface area contributed by atoms with Gasteiger partial charge in [0.05, 0.1) is 41.2 Å². The highest BCUT2D eigenvalue weighted by atomic mass is 16.5. The van der Waals surface area contributed by atoms with E-state index in [0.717, 1.165) is 72.8 Å². The normalized spacial score (nSPS) is 12.4. The van der Waals surface area contributed by atoms with Crippen molar-refractivity contribution in [2.24, 2.45) is 0 Å². The van der Waals surface area contributed by atoms with Gasteiger partial charge in [0.15, 0.2) is 45.9 Å². The van der Waals surface area contributed by atoms with Crippen LogP contribution in [0, 0.1) is 48.5 Å². The van der Waals surface area contributed by atoms with Crippen molar-refractivity contribution in [1.29, 1.82) is 0 Å². The van der Waals surface area contributed by atoms with E-state index in [2.05, 4.69) is 110 Å². The van der Waals surface area contributed by atoms with Crippen LogP contribution in [0.2, 0.25) is 0 Å². The molecule has 7 N–H and O–H groups in total. The van der Waals surface area contributed by atoms with Crippen molar-refractivity contribution < 1.29 is 60.9 Å². The van der Waals surface area contributed by atoms with Crippen LogP contribution in [0.5, 0.6) is 57.8 Å². The smallest absolute Gasteiger partial charge is 0.325 e. The third-order valence-electron chi connectivity index (χ3n) is 16.5. The van der Waals surface area contributed by atoms with Crippen molar-refractivity contribution in [3.63, 3.8) is 0 Å². The van der Waals surface area contributed by atoms with Gasteiger partial charge in [-0.2, -0.15) is 9.97 Å². The summed E-state index contributed by atoms with van der Waals surface area (Å²) < 4.78 is 30.1. The molecule has 18 heteroatoms. The Morgan fingerprint density at radius 1 is 0.354 bits per heavy atom. The predicted molar refractivity (Wildman–Crippen MR) is 381 cm³/mol. The summed E-state index contributed by atoms with van der Waals surface area (Å²) in [7, 11) is 4.82. The highest BCUT2D eigenvalue weighted by Gasteiger charge is 2.35. The van der Waals surface area contributed by atoms with Crippen molar-refractivity contribution in [2.45, 2.75) is 218 Å². The Morgan fingerprint density at radius 2 is 0.688 bits per heavy atom. The third kappa shape index (κ3) is 19.8. The van der Waals surface area contributed by atoms with Crippen molar-refractivity contribution >= 4 is 0 Å². The van der Waals surface area contributed by atoms with Crippen LogP contribution < -0.4 is 23.7 Å². The number of ether oxygens (including phenoxy) is 5. The minimum atomic E-state index is -0.911. The van der Waals surface area contributed by atoms with Crippen LogP contribution in [0.4, 0.5) is 0 Å². The summed E-state index contributed by atoms with van der Waals surface area (Å²) >= 11 is 0. The first kappa shape index (κ1) is 78.1. The van der Waals surface area contributed by atoms with E-state index >= 15 is 0 Å². The quantitative estimate of drug-likeness (QED) is 0.0503. The van der Waals surface area contributed by atoms with Gasteiger partial charge in [0.1, 0.15) is 40.5 Å². The highest BCUT2D eigenvalue weighted by molar-refractivity contribution is 5.56. The van der Waals surface area contributed by atoms with Gasteiger partial charge in [-0.15, -0.1) is 0 Å². The SMILES string of the molecule is COc1cc(C)c(C(C)c2cc(O)c(CO)cc2C)cc1O.COc1cc(C)c(C(C)c2cc(OC(C)(C)c3nc(C(C)(C)C)nc(C(C)(C)C)n3)c(OC)cc2C)cc1Oc1nc(C(C)(C)C)nc(C(C)(C)C)n1.Cc1cc(O)c(CO)cc1C.Cc1ccc(O)c(CO)c1.[2HH]. The zero-order valence-electron chi connectivity index (χ0n) is 61.6. The van der Waals surface area contributed by atoms with Crippen molar-refractivity contribution in [2.75, 3.05) is 21.3 Å². The molecule has 2 atom stereocenters. The first-order valence-electron chi connectivity index (χ1n) is 32.3. The summed E-state index contributed by atoms with van der Waals surface area (Å²) in [5.74, 6) is 6.58. The van der Waals surface area contributed by atoms with Gasteiger partial charge >= 0.3 is 6.01 Å². The van der Waals surface area contributed by atoms with Gasteiger partial charge in [0, 0.05) is 51.6 Å². The van der Waals surface area contributed by atoms with Gasteiger partial charge in [0.25, 0.3) is 0 Å². The lowest BCUT2D eigenvalue weighted by Gasteiger charge is -2.30. The number of aromatic nitrogens is 6. The molecule has 0 saturated heterocycles. The fourth-order valence-corrected chi connectivity index (χ4v) is 10.4. The number of phenolic OH excluding ortho intramolecular Hbond substituents is 1. The molecule has 18 nitrogen and oxygen atoms in total. The van der Waals surface area contributed by atoms with E-state index in [-0.39, 0.29) is 83.8 Å². The zero-order chi connectivity index (χ0) is 72.5. The molecular weight excluding hydrogens is 1210 g/mol. The minimum Gasteiger partial charge on any atom is -0.508 e. The molecule has 96 heavy (non-hydrogen) atoms. The monoisotopic (exact) mass is 1320 g/mol. The summed E-state index contributed by atoms with van der Waals surface area (Å²) in [5.41, 5.74) is 11.0. The summed E-state index contributed by atoms with van der Waals surface area (Å²) in [6, 6.07) is 23.9. The van der Waals surface area contributed by atoms with Crippen LogP contribution in [0.25, 0.3) is 0 Å². The maximum absolute atomic E-state index is 10.0. The molecule has 0 saturated carbocycles. The second-order valence-corrected chi connectivity index (χ2v) is 29.3. The molecule has 2 aromatic heterocycles. The van der Waals surface area contributed by atoms with Crippen LogP contribution in [0.1, 0.15) is 231 Å². The van der Waals surface area contributed by atoms with Crippen LogP contribution >= 0.6 is 0 Å². The van der Waals surface area contributed by atoms with Crippen molar-refractivity contribution in [1.82, 2.24) is 29.9 Å². The summed E-state index contributed by atoms with van der Waals surface area (Å²) in [5, 5.41) is 65.0. The molecule has 0 fully saturated rings. The maximum Gasteiger partial charge on any atom is 0.325 e. The molecule has 0 aliphatic rings. The van der Waals surface area contributed by atoms with Crippen LogP contribution in [0.15, 0.2) is 78.9 Å². The Morgan fingerprint density at radius 3 is 1.10 bits per heavy atom. The number of hydrogen-bond acceptors (Lipinski definition) is 18. The number of hydrogen-bond donors (Lipinski definition) is 7. The molecule has 0 spiro atoms. The number of benzene rings is 6. The molecule has 2 unspecified atom stereocenters. The number of rotatable bonds is 15. The van der Waals surface area contributed by atoms with Crippen LogP contribution in [0.3, 0.4) is 0 Å². The predicted octanol–water partition coefficient (Wildman–Crippen LogP) is 16.4. The molecule has 522 valence electrons. The summed E-state index contributed by atoms with van der Waals surface area (Å²) in [6.45, 7) is 46.8. The standard InChI is InChI=1S/C43H62N6O4.C18H22O4.C9H12O2.C8H10O2.H2/c1-24-20-29(50-18)31(52-38-48-35(41(10,11)12)45-36(49-38)42(13,14)15)22-27(24)26(3)28-23-32(30(51-19)21-25(28)2)53-43(16,17)37-46-33(39(4,5)6)44-34(47-37)40(7,8)9;1-10-5-13(9-19)16(20)7-14(10)12(3)15-8-17(21)18(22-4)6-11(15)2;1-6-3-8(5-10)9(11)4-7(6)2;1-6-2-3-8(10)7(4-6)5-9;/h20-23,26H,1-19H3;5-8,12,19-21H,9H2,1-4H3;3-4,10-11H,5H2,1-2H3;2-4,9-10H,5H2,1H3;1H/i;;;;1+1. The van der Waals surface area contributed by atoms with E-state index in [1.165, 1.54) is 7.11 Å². The third-order valence-corrected chi connectivity index (χ3v) is 16.5. The molecular formula is C78H108N6O12. The maximum atomic E-state index is 10.0. The van der Waals surface area contributed by atoms with Crippen molar-refractivity contribution in [3.8, 4) is 57.8 Å². The second-order valence-electron chi connectivity index (χ2n) is 29.3. The Labute approximate surface area is 571 Å². The average molecular weight is 1320 g/mol. The Balaban J connectivity index is 0.000000364. The number of aryl methyl sites for hydroxylation is 7. The fraction of sp³-hybridized carbons (Fsp3) is 0.462. The zero-order valence-corrected chi connectivity index (χ0v) is 61.6. The van der Waals surface area contributed by atoms with Crippen molar-refractivity contribution in [3.05, 3.63) is 186 Å². The molecule has 0 amide bonds.